The molecule has 1 fully saturated rings. The first kappa shape index (κ1) is 13.6. The number of benzene rings is 1. The van der Waals surface area contributed by atoms with Crippen molar-refractivity contribution in [1.82, 2.24) is 0 Å². The molecule has 1 saturated carbocycles. The van der Waals surface area contributed by atoms with Gasteiger partial charge in [0.2, 0.25) is 0 Å². The van der Waals surface area contributed by atoms with E-state index in [2.05, 4.69) is 50.9 Å². The summed E-state index contributed by atoms with van der Waals surface area (Å²) in [4.78, 5) is 0. The Morgan fingerprint density at radius 3 is 2.41 bits per heavy atom. The average molecular weight is 362 g/mol. The van der Waals surface area contributed by atoms with E-state index in [0.29, 0.717) is 5.92 Å². The molecular weight excluding hydrogens is 344 g/mol. The van der Waals surface area contributed by atoms with Gasteiger partial charge in [0.15, 0.2) is 0 Å². The zero-order valence-electron chi connectivity index (χ0n) is 10.0. The van der Waals surface area contributed by atoms with Crippen molar-refractivity contribution in [3.63, 3.8) is 0 Å². The Morgan fingerprint density at radius 1 is 1.12 bits per heavy atom. The van der Waals surface area contributed by atoms with Crippen LogP contribution in [0.1, 0.15) is 49.3 Å². The van der Waals surface area contributed by atoms with E-state index >= 15 is 0 Å². The van der Waals surface area contributed by atoms with Crippen LogP contribution >= 0.6 is 31.9 Å². The van der Waals surface area contributed by atoms with Gasteiger partial charge in [-0.25, -0.2) is 0 Å². The summed E-state index contributed by atoms with van der Waals surface area (Å²) in [6, 6.07) is 4.13. The van der Waals surface area contributed by atoms with Gasteiger partial charge in [0.25, 0.3) is 0 Å². The third-order valence-corrected chi connectivity index (χ3v) is 5.23. The molecule has 17 heavy (non-hydrogen) atoms. The summed E-state index contributed by atoms with van der Waals surface area (Å²) in [5, 5.41) is 10.5. The summed E-state index contributed by atoms with van der Waals surface area (Å²) in [6.07, 6.45) is 5.81. The lowest BCUT2D eigenvalue weighted by Crippen LogP contribution is -2.16. The number of hydrogen-bond acceptors (Lipinski definition) is 1. The molecule has 0 heterocycles. The Morgan fingerprint density at radius 2 is 1.76 bits per heavy atom. The highest BCUT2D eigenvalue weighted by Crippen LogP contribution is 2.38. The van der Waals surface area contributed by atoms with Crippen molar-refractivity contribution in [1.29, 1.82) is 0 Å². The minimum absolute atomic E-state index is 0.332. The molecule has 2 rings (SSSR count). The van der Waals surface area contributed by atoms with Gasteiger partial charge >= 0.3 is 0 Å². The number of hydrogen-bond donors (Lipinski definition) is 1. The van der Waals surface area contributed by atoms with E-state index in [4.69, 9.17) is 0 Å². The molecule has 1 aliphatic rings. The van der Waals surface area contributed by atoms with Crippen LogP contribution in [-0.4, -0.2) is 5.11 Å². The van der Waals surface area contributed by atoms with Gasteiger partial charge in [0, 0.05) is 8.95 Å². The van der Waals surface area contributed by atoms with Crippen LogP contribution in [0.5, 0.6) is 0 Å². The van der Waals surface area contributed by atoms with Crippen LogP contribution in [0, 0.1) is 12.8 Å². The summed E-state index contributed by atoms with van der Waals surface area (Å²) >= 11 is 7.11. The second-order valence-corrected chi connectivity index (χ2v) is 6.67. The number of rotatable bonds is 2. The first-order valence-corrected chi connectivity index (χ1v) is 7.82. The van der Waals surface area contributed by atoms with Crippen LogP contribution in [0.3, 0.4) is 0 Å². The first-order valence-electron chi connectivity index (χ1n) is 6.23. The molecule has 0 aliphatic heterocycles. The Balaban J connectivity index is 2.23. The lowest BCUT2D eigenvalue weighted by atomic mass is 9.82. The minimum atomic E-state index is -0.332. The zero-order chi connectivity index (χ0) is 12.4. The number of aliphatic hydroxyl groups is 1. The smallest absolute Gasteiger partial charge is 0.0829 e. The van der Waals surface area contributed by atoms with E-state index in [-0.39, 0.29) is 6.10 Å². The predicted molar refractivity (Wildman–Crippen MR) is 78.1 cm³/mol. The molecule has 1 unspecified atom stereocenters. The maximum absolute atomic E-state index is 10.5. The molecule has 94 valence electrons. The van der Waals surface area contributed by atoms with Crippen LogP contribution in [0.15, 0.2) is 21.1 Å². The molecule has 0 aromatic heterocycles. The largest absolute Gasteiger partial charge is 0.388 e. The van der Waals surface area contributed by atoms with Gasteiger partial charge < -0.3 is 5.11 Å². The second-order valence-electron chi connectivity index (χ2n) is 4.97. The Labute approximate surface area is 120 Å². The van der Waals surface area contributed by atoms with E-state index in [1.807, 2.05) is 0 Å². The molecule has 0 radical (unpaired) electrons. The Hall–Kier alpha value is 0.140. The minimum Gasteiger partial charge on any atom is -0.388 e. The Kier molecular flexibility index (Phi) is 4.67. The van der Waals surface area contributed by atoms with E-state index in [9.17, 15) is 5.11 Å². The highest BCUT2D eigenvalue weighted by molar-refractivity contribution is 9.11. The quantitative estimate of drug-likeness (QED) is 0.773. The molecular formula is C14H18Br2O. The van der Waals surface area contributed by atoms with E-state index in [0.717, 1.165) is 27.4 Å². The third-order valence-electron chi connectivity index (χ3n) is 3.69. The van der Waals surface area contributed by atoms with Crippen molar-refractivity contribution < 1.29 is 5.11 Å². The lowest BCUT2D eigenvalue weighted by Gasteiger charge is -2.27. The third kappa shape index (κ3) is 3.12. The van der Waals surface area contributed by atoms with Gasteiger partial charge in [-0.05, 0) is 48.9 Å². The monoisotopic (exact) mass is 360 g/mol. The zero-order valence-corrected chi connectivity index (χ0v) is 13.2. The summed E-state index contributed by atoms with van der Waals surface area (Å²) in [6.45, 7) is 2.06. The molecule has 1 nitrogen and oxygen atoms in total. The molecule has 0 amide bonds. The number of aliphatic hydroxyl groups excluding tert-OH is 1. The molecule has 0 bridgehead atoms. The second kappa shape index (κ2) is 5.85. The fourth-order valence-corrected chi connectivity index (χ4v) is 3.65. The van der Waals surface area contributed by atoms with Gasteiger partial charge in [-0.15, -0.1) is 0 Å². The van der Waals surface area contributed by atoms with Gasteiger partial charge in [-0.3, -0.25) is 0 Å². The summed E-state index contributed by atoms with van der Waals surface area (Å²) in [5.41, 5.74) is 2.21. The van der Waals surface area contributed by atoms with Crippen molar-refractivity contribution in [3.05, 3.63) is 32.2 Å². The molecule has 3 heteroatoms. The van der Waals surface area contributed by atoms with Gasteiger partial charge in [0.05, 0.1) is 6.10 Å². The molecule has 1 atom stereocenters. The van der Waals surface area contributed by atoms with Crippen LogP contribution in [0.4, 0.5) is 0 Å². The fraction of sp³-hybridized carbons (Fsp3) is 0.571. The van der Waals surface area contributed by atoms with Gasteiger partial charge in [-0.1, -0.05) is 51.1 Å². The highest BCUT2D eigenvalue weighted by atomic mass is 79.9. The van der Waals surface area contributed by atoms with E-state index in [1.54, 1.807) is 0 Å². The van der Waals surface area contributed by atoms with Crippen LogP contribution in [0.25, 0.3) is 0 Å². The summed E-state index contributed by atoms with van der Waals surface area (Å²) < 4.78 is 2.10. The molecule has 1 N–H and O–H groups in total. The van der Waals surface area contributed by atoms with Gasteiger partial charge in [-0.2, -0.15) is 0 Å². The van der Waals surface area contributed by atoms with Crippen molar-refractivity contribution in [2.45, 2.75) is 45.1 Å². The average Bonchev–Trinajstić information content (AvgIpc) is 2.34. The fourth-order valence-electron chi connectivity index (χ4n) is 2.59. The van der Waals surface area contributed by atoms with Crippen LogP contribution < -0.4 is 0 Å². The number of halogens is 2. The first-order chi connectivity index (χ1) is 8.09. The summed E-state index contributed by atoms with van der Waals surface area (Å²) in [7, 11) is 0. The lowest BCUT2D eigenvalue weighted by molar-refractivity contribution is 0.0842. The van der Waals surface area contributed by atoms with Gasteiger partial charge in [0.1, 0.15) is 0 Å². The van der Waals surface area contributed by atoms with Crippen molar-refractivity contribution in [2.24, 2.45) is 5.92 Å². The van der Waals surface area contributed by atoms with Crippen molar-refractivity contribution in [2.75, 3.05) is 0 Å². The Bertz CT molecular complexity index is 397. The van der Waals surface area contributed by atoms with Crippen LogP contribution in [-0.2, 0) is 0 Å². The van der Waals surface area contributed by atoms with Crippen molar-refractivity contribution in [3.8, 4) is 0 Å². The van der Waals surface area contributed by atoms with Crippen LogP contribution in [0.2, 0.25) is 0 Å². The predicted octanol–water partition coefficient (Wildman–Crippen LogP) is 5.13. The molecule has 1 aromatic rings. The van der Waals surface area contributed by atoms with Crippen molar-refractivity contribution >= 4 is 31.9 Å². The molecule has 0 spiro atoms. The summed E-state index contributed by atoms with van der Waals surface area (Å²) in [5.74, 6) is 0.426. The van der Waals surface area contributed by atoms with E-state index < -0.39 is 0 Å². The molecule has 1 aromatic carbocycles. The maximum Gasteiger partial charge on any atom is 0.0829 e. The topological polar surface area (TPSA) is 20.2 Å². The molecule has 1 aliphatic carbocycles. The van der Waals surface area contributed by atoms with E-state index in [1.165, 1.54) is 24.8 Å². The number of aryl methyl sites for hydroxylation is 1. The normalized spacial score (nSPS) is 19.3. The SMILES string of the molecule is Cc1cc(Br)c(C(O)C2CCCCC2)cc1Br. The highest BCUT2D eigenvalue weighted by Gasteiger charge is 2.24. The molecule has 0 saturated heterocycles. The maximum atomic E-state index is 10.5. The standard InChI is InChI=1S/C14H18Br2O/c1-9-7-13(16)11(8-12(9)15)14(17)10-5-3-2-4-6-10/h7-8,10,14,17H,2-6H2,1H3.